The molecule has 6 heteroatoms. The van der Waals surface area contributed by atoms with Gasteiger partial charge in [-0.3, -0.25) is 4.79 Å². The molecule has 110 valence electrons. The predicted octanol–water partition coefficient (Wildman–Crippen LogP) is 3.35. The number of rotatable bonds is 5. The zero-order valence-corrected chi connectivity index (χ0v) is 11.8. The molecule has 0 aliphatic rings. The highest BCUT2D eigenvalue weighted by atomic mass is 35.5. The van der Waals surface area contributed by atoms with Crippen molar-refractivity contribution in [3.05, 3.63) is 64.7 Å². The molecule has 0 unspecified atom stereocenters. The molecule has 3 nitrogen and oxygen atoms in total. The Morgan fingerprint density at radius 1 is 1.10 bits per heavy atom. The van der Waals surface area contributed by atoms with Gasteiger partial charge in [-0.15, -0.1) is 0 Å². The average Bonchev–Trinajstić information content (AvgIpc) is 2.47. The van der Waals surface area contributed by atoms with Crippen LogP contribution in [0.25, 0.3) is 0 Å². The monoisotopic (exact) mass is 310 g/mol. The average molecular weight is 311 g/mol. The maximum Gasteiger partial charge on any atom is 0.239 e. The van der Waals surface area contributed by atoms with Gasteiger partial charge >= 0.3 is 0 Å². The predicted molar refractivity (Wildman–Crippen MR) is 78.1 cm³/mol. The molecular weight excluding hydrogens is 298 g/mol. The minimum Gasteiger partial charge on any atom is -0.376 e. The first-order valence-electron chi connectivity index (χ1n) is 6.25. The number of carbonyl (C=O) groups excluding carboxylic acids is 1. The summed E-state index contributed by atoms with van der Waals surface area (Å²) in [6.45, 7) is 0.257. The first kappa shape index (κ1) is 15.3. The Bertz CT molecular complexity index is 649. The highest BCUT2D eigenvalue weighted by molar-refractivity contribution is 6.31. The van der Waals surface area contributed by atoms with Gasteiger partial charge < -0.3 is 10.6 Å². The molecule has 0 atom stereocenters. The summed E-state index contributed by atoms with van der Waals surface area (Å²) in [5.74, 6) is -2.17. The van der Waals surface area contributed by atoms with Gasteiger partial charge in [0.05, 0.1) is 6.54 Å². The quantitative estimate of drug-likeness (QED) is 0.889. The first-order chi connectivity index (χ1) is 10.1. The third-order valence-electron chi connectivity index (χ3n) is 2.81. The van der Waals surface area contributed by atoms with E-state index < -0.39 is 11.6 Å². The molecule has 2 aromatic rings. The van der Waals surface area contributed by atoms with E-state index >= 15 is 0 Å². The van der Waals surface area contributed by atoms with Gasteiger partial charge in [0, 0.05) is 23.3 Å². The Morgan fingerprint density at radius 2 is 1.86 bits per heavy atom. The molecule has 0 spiro atoms. The fraction of sp³-hybridized carbons (Fsp3) is 0.133. The number of amides is 1. The van der Waals surface area contributed by atoms with Crippen LogP contribution in [0.1, 0.15) is 5.56 Å². The molecule has 0 saturated carbocycles. The van der Waals surface area contributed by atoms with Gasteiger partial charge in [0.25, 0.3) is 0 Å². The zero-order chi connectivity index (χ0) is 15.2. The van der Waals surface area contributed by atoms with Gasteiger partial charge in [-0.2, -0.15) is 0 Å². The number of hydrogen-bond acceptors (Lipinski definition) is 2. The van der Waals surface area contributed by atoms with E-state index in [2.05, 4.69) is 10.6 Å². The van der Waals surface area contributed by atoms with Crippen LogP contribution in [0, 0.1) is 11.6 Å². The topological polar surface area (TPSA) is 41.1 Å². The Morgan fingerprint density at radius 3 is 2.57 bits per heavy atom. The standard InChI is InChI=1S/C15H13ClF2N2O/c16-12-4-2-1-3-10(12)8-20-15(21)9-19-11-5-6-13(17)14(18)7-11/h1-7,19H,8-9H2,(H,20,21). The van der Waals surface area contributed by atoms with Crippen LogP contribution in [0.3, 0.4) is 0 Å². The smallest absolute Gasteiger partial charge is 0.239 e. The highest BCUT2D eigenvalue weighted by Crippen LogP contribution is 2.14. The van der Waals surface area contributed by atoms with Crippen molar-refractivity contribution >= 4 is 23.2 Å². The lowest BCUT2D eigenvalue weighted by Crippen LogP contribution is -2.29. The van der Waals surface area contributed by atoms with E-state index in [0.717, 1.165) is 17.7 Å². The molecule has 0 fully saturated rings. The van der Waals surface area contributed by atoms with Crippen molar-refractivity contribution < 1.29 is 13.6 Å². The van der Waals surface area contributed by atoms with E-state index in [-0.39, 0.29) is 12.5 Å². The van der Waals surface area contributed by atoms with E-state index in [1.54, 1.807) is 12.1 Å². The lowest BCUT2D eigenvalue weighted by atomic mass is 10.2. The van der Waals surface area contributed by atoms with Crippen LogP contribution in [0.5, 0.6) is 0 Å². The molecule has 0 bridgehead atoms. The summed E-state index contributed by atoms with van der Waals surface area (Å²) in [6, 6.07) is 10.5. The van der Waals surface area contributed by atoms with E-state index in [1.807, 2.05) is 12.1 Å². The van der Waals surface area contributed by atoms with Crippen molar-refractivity contribution in [3.63, 3.8) is 0 Å². The Hall–Kier alpha value is -2.14. The lowest BCUT2D eigenvalue weighted by Gasteiger charge is -2.09. The summed E-state index contributed by atoms with van der Waals surface area (Å²) in [5, 5.41) is 5.97. The van der Waals surface area contributed by atoms with Crippen molar-refractivity contribution in [2.24, 2.45) is 0 Å². The van der Waals surface area contributed by atoms with Gasteiger partial charge in [-0.1, -0.05) is 29.8 Å². The molecule has 0 saturated heterocycles. The SMILES string of the molecule is O=C(CNc1ccc(F)c(F)c1)NCc1ccccc1Cl. The molecular formula is C15H13ClF2N2O. The first-order valence-corrected chi connectivity index (χ1v) is 6.63. The van der Waals surface area contributed by atoms with E-state index in [1.165, 1.54) is 6.07 Å². The van der Waals surface area contributed by atoms with Gasteiger partial charge in [-0.25, -0.2) is 8.78 Å². The van der Waals surface area contributed by atoms with E-state index in [4.69, 9.17) is 11.6 Å². The van der Waals surface area contributed by atoms with Crippen molar-refractivity contribution in [3.8, 4) is 0 Å². The number of halogens is 3. The number of carbonyl (C=O) groups is 1. The second kappa shape index (κ2) is 7.04. The maximum atomic E-state index is 13.0. The fourth-order valence-electron chi connectivity index (χ4n) is 1.69. The molecule has 0 heterocycles. The molecule has 0 aliphatic heterocycles. The molecule has 2 rings (SSSR count). The minimum atomic E-state index is -0.962. The van der Waals surface area contributed by atoms with Crippen molar-refractivity contribution in [2.45, 2.75) is 6.54 Å². The Kier molecular flexibility index (Phi) is 5.11. The molecule has 21 heavy (non-hydrogen) atoms. The Balaban J connectivity index is 1.82. The van der Waals surface area contributed by atoms with Crippen LogP contribution in [0.2, 0.25) is 5.02 Å². The number of anilines is 1. The lowest BCUT2D eigenvalue weighted by molar-refractivity contribution is -0.119. The zero-order valence-electron chi connectivity index (χ0n) is 11.0. The second-order valence-corrected chi connectivity index (χ2v) is 4.76. The third kappa shape index (κ3) is 4.43. The molecule has 0 aromatic heterocycles. The van der Waals surface area contributed by atoms with Crippen LogP contribution >= 0.6 is 11.6 Å². The molecule has 0 aliphatic carbocycles. The third-order valence-corrected chi connectivity index (χ3v) is 3.18. The highest BCUT2D eigenvalue weighted by Gasteiger charge is 2.05. The number of hydrogen-bond donors (Lipinski definition) is 2. The van der Waals surface area contributed by atoms with Crippen LogP contribution in [-0.4, -0.2) is 12.5 Å². The summed E-state index contributed by atoms with van der Waals surface area (Å²) in [7, 11) is 0. The summed E-state index contributed by atoms with van der Waals surface area (Å²) in [5.41, 5.74) is 1.14. The summed E-state index contributed by atoms with van der Waals surface area (Å²) < 4.78 is 25.7. The van der Waals surface area contributed by atoms with E-state index in [0.29, 0.717) is 17.3 Å². The van der Waals surface area contributed by atoms with Gasteiger partial charge in [-0.05, 0) is 23.8 Å². The fourth-order valence-corrected chi connectivity index (χ4v) is 1.89. The van der Waals surface area contributed by atoms with Crippen molar-refractivity contribution in [1.82, 2.24) is 5.32 Å². The summed E-state index contributed by atoms with van der Waals surface area (Å²) in [6.07, 6.45) is 0. The van der Waals surface area contributed by atoms with Gasteiger partial charge in [0.15, 0.2) is 11.6 Å². The molecule has 2 aromatic carbocycles. The molecule has 2 N–H and O–H groups in total. The van der Waals surface area contributed by atoms with E-state index in [9.17, 15) is 13.6 Å². The van der Waals surface area contributed by atoms with Crippen LogP contribution < -0.4 is 10.6 Å². The maximum absolute atomic E-state index is 13.0. The van der Waals surface area contributed by atoms with Crippen molar-refractivity contribution in [1.29, 1.82) is 0 Å². The molecule has 0 radical (unpaired) electrons. The molecule has 1 amide bonds. The van der Waals surface area contributed by atoms with Crippen LogP contribution in [0.15, 0.2) is 42.5 Å². The summed E-state index contributed by atoms with van der Waals surface area (Å²) >= 11 is 5.97. The van der Waals surface area contributed by atoms with Gasteiger partial charge in [0.2, 0.25) is 5.91 Å². The Labute approximate surface area is 125 Å². The largest absolute Gasteiger partial charge is 0.376 e. The second-order valence-electron chi connectivity index (χ2n) is 4.35. The number of benzene rings is 2. The normalized spacial score (nSPS) is 10.2. The van der Waals surface area contributed by atoms with Gasteiger partial charge in [0.1, 0.15) is 0 Å². The van der Waals surface area contributed by atoms with Crippen LogP contribution in [0.4, 0.5) is 14.5 Å². The van der Waals surface area contributed by atoms with Crippen LogP contribution in [-0.2, 0) is 11.3 Å². The van der Waals surface area contributed by atoms with Crippen molar-refractivity contribution in [2.75, 3.05) is 11.9 Å². The number of nitrogens with one attached hydrogen (secondary N) is 2. The minimum absolute atomic E-state index is 0.0461. The summed E-state index contributed by atoms with van der Waals surface area (Å²) in [4.78, 5) is 11.7.